The third-order valence-electron chi connectivity index (χ3n) is 4.93. The van der Waals surface area contributed by atoms with Crippen molar-refractivity contribution in [2.75, 3.05) is 14.2 Å². The Bertz CT molecular complexity index is 777. The maximum Gasteiger partial charge on any atom is 0.140 e. The fraction of sp³-hybridized carbons (Fsp3) is 0.273. The van der Waals surface area contributed by atoms with Gasteiger partial charge in [0.2, 0.25) is 0 Å². The van der Waals surface area contributed by atoms with Gasteiger partial charge < -0.3 is 14.6 Å². The predicted octanol–water partition coefficient (Wildman–Crippen LogP) is 4.22. The summed E-state index contributed by atoms with van der Waals surface area (Å²) in [6, 6.07) is 17.3. The first-order chi connectivity index (χ1) is 12.0. The first-order valence-electron chi connectivity index (χ1n) is 8.39. The molecule has 1 aliphatic rings. The molecule has 3 heteroatoms. The highest BCUT2D eigenvalue weighted by Gasteiger charge is 2.37. The SMILES string of the molecule is COc1ccc(C(O)(C2=CCC(C)(OC)C=C2)c2ccccc2)cc1. The van der Waals surface area contributed by atoms with E-state index in [0.717, 1.165) is 22.4 Å². The Balaban J connectivity index is 2.09. The summed E-state index contributed by atoms with van der Waals surface area (Å²) in [7, 11) is 3.34. The topological polar surface area (TPSA) is 38.7 Å². The van der Waals surface area contributed by atoms with Gasteiger partial charge in [0.1, 0.15) is 11.4 Å². The Hall–Kier alpha value is -2.36. The van der Waals surface area contributed by atoms with Crippen molar-refractivity contribution in [1.82, 2.24) is 0 Å². The van der Waals surface area contributed by atoms with E-state index in [-0.39, 0.29) is 5.60 Å². The van der Waals surface area contributed by atoms with Crippen molar-refractivity contribution in [2.24, 2.45) is 0 Å². The van der Waals surface area contributed by atoms with Crippen LogP contribution in [0.3, 0.4) is 0 Å². The number of aliphatic hydroxyl groups is 1. The van der Waals surface area contributed by atoms with Crippen LogP contribution in [0.4, 0.5) is 0 Å². The Morgan fingerprint density at radius 3 is 2.12 bits per heavy atom. The molecule has 0 radical (unpaired) electrons. The summed E-state index contributed by atoms with van der Waals surface area (Å²) in [5.74, 6) is 0.763. The Labute approximate surface area is 149 Å². The smallest absolute Gasteiger partial charge is 0.140 e. The van der Waals surface area contributed by atoms with Crippen molar-refractivity contribution in [3.63, 3.8) is 0 Å². The molecule has 2 atom stereocenters. The van der Waals surface area contributed by atoms with E-state index in [1.807, 2.05) is 73.7 Å². The molecule has 0 heterocycles. The Morgan fingerprint density at radius 1 is 0.960 bits per heavy atom. The molecule has 2 aromatic carbocycles. The molecule has 3 rings (SSSR count). The monoisotopic (exact) mass is 336 g/mol. The number of methoxy groups -OCH3 is 2. The van der Waals surface area contributed by atoms with E-state index in [1.165, 1.54) is 0 Å². The lowest BCUT2D eigenvalue weighted by Crippen LogP contribution is -2.33. The molecule has 1 N–H and O–H groups in total. The van der Waals surface area contributed by atoms with Gasteiger partial charge in [0, 0.05) is 7.11 Å². The van der Waals surface area contributed by atoms with Crippen molar-refractivity contribution >= 4 is 0 Å². The van der Waals surface area contributed by atoms with E-state index in [4.69, 9.17) is 9.47 Å². The molecule has 2 unspecified atom stereocenters. The van der Waals surface area contributed by atoms with Crippen LogP contribution in [-0.4, -0.2) is 24.9 Å². The molecule has 130 valence electrons. The Morgan fingerprint density at radius 2 is 1.60 bits per heavy atom. The van der Waals surface area contributed by atoms with Gasteiger partial charge in [0.05, 0.1) is 12.7 Å². The van der Waals surface area contributed by atoms with Gasteiger partial charge in [0.25, 0.3) is 0 Å². The number of rotatable bonds is 5. The van der Waals surface area contributed by atoms with Crippen LogP contribution in [0, 0.1) is 0 Å². The summed E-state index contributed by atoms with van der Waals surface area (Å²) in [5.41, 5.74) is 0.923. The van der Waals surface area contributed by atoms with Gasteiger partial charge in [-0.15, -0.1) is 0 Å². The molecule has 25 heavy (non-hydrogen) atoms. The fourth-order valence-corrected chi connectivity index (χ4v) is 3.15. The lowest BCUT2D eigenvalue weighted by Gasteiger charge is -2.35. The van der Waals surface area contributed by atoms with Crippen LogP contribution in [-0.2, 0) is 10.3 Å². The van der Waals surface area contributed by atoms with E-state index in [0.29, 0.717) is 6.42 Å². The molecule has 0 aromatic heterocycles. The Kier molecular flexibility index (Phi) is 4.80. The summed E-state index contributed by atoms with van der Waals surface area (Å²) in [5, 5.41) is 11.8. The number of benzene rings is 2. The second-order valence-electron chi connectivity index (χ2n) is 6.52. The average molecular weight is 336 g/mol. The fourth-order valence-electron chi connectivity index (χ4n) is 3.15. The number of ether oxygens (including phenoxy) is 2. The standard InChI is InChI=1S/C22H24O3/c1-21(25-3)15-13-19(14-16-21)22(23,17-7-5-4-6-8-17)18-9-11-20(24-2)12-10-18/h4-15,23H,16H2,1-3H3. The van der Waals surface area contributed by atoms with Crippen molar-refractivity contribution in [2.45, 2.75) is 24.5 Å². The molecule has 0 saturated carbocycles. The molecule has 0 spiro atoms. The van der Waals surface area contributed by atoms with Crippen LogP contribution >= 0.6 is 0 Å². The van der Waals surface area contributed by atoms with Crippen LogP contribution in [0.15, 0.2) is 78.4 Å². The van der Waals surface area contributed by atoms with Gasteiger partial charge >= 0.3 is 0 Å². The van der Waals surface area contributed by atoms with Crippen molar-refractivity contribution in [3.05, 3.63) is 89.5 Å². The van der Waals surface area contributed by atoms with Crippen molar-refractivity contribution in [1.29, 1.82) is 0 Å². The zero-order valence-corrected chi connectivity index (χ0v) is 14.9. The van der Waals surface area contributed by atoms with Gasteiger partial charge in [0.15, 0.2) is 0 Å². The minimum absolute atomic E-state index is 0.332. The minimum atomic E-state index is -1.22. The quantitative estimate of drug-likeness (QED) is 0.888. The number of hydrogen-bond donors (Lipinski definition) is 1. The van der Waals surface area contributed by atoms with E-state index in [9.17, 15) is 5.11 Å². The third-order valence-corrected chi connectivity index (χ3v) is 4.93. The van der Waals surface area contributed by atoms with Crippen LogP contribution in [0.2, 0.25) is 0 Å². The largest absolute Gasteiger partial charge is 0.497 e. The molecule has 0 aliphatic heterocycles. The minimum Gasteiger partial charge on any atom is -0.497 e. The molecular weight excluding hydrogens is 312 g/mol. The first kappa shape index (κ1) is 17.5. The maximum atomic E-state index is 11.8. The lowest BCUT2D eigenvalue weighted by molar-refractivity contribution is 0.0480. The summed E-state index contributed by atoms with van der Waals surface area (Å²) < 4.78 is 10.8. The van der Waals surface area contributed by atoms with Crippen LogP contribution < -0.4 is 4.74 Å². The van der Waals surface area contributed by atoms with Gasteiger partial charge in [-0.25, -0.2) is 0 Å². The van der Waals surface area contributed by atoms with E-state index < -0.39 is 5.60 Å². The zero-order chi connectivity index (χ0) is 17.9. The van der Waals surface area contributed by atoms with E-state index in [2.05, 4.69) is 6.08 Å². The third kappa shape index (κ3) is 3.26. The number of hydrogen-bond acceptors (Lipinski definition) is 3. The summed E-state index contributed by atoms with van der Waals surface area (Å²) in [4.78, 5) is 0. The van der Waals surface area contributed by atoms with Crippen LogP contribution in [0.25, 0.3) is 0 Å². The predicted molar refractivity (Wildman–Crippen MR) is 99.7 cm³/mol. The normalized spacial score (nSPS) is 22.2. The molecule has 0 saturated heterocycles. The van der Waals surface area contributed by atoms with Gasteiger partial charge in [-0.3, -0.25) is 0 Å². The van der Waals surface area contributed by atoms with E-state index >= 15 is 0 Å². The van der Waals surface area contributed by atoms with Crippen molar-refractivity contribution in [3.8, 4) is 5.75 Å². The van der Waals surface area contributed by atoms with Gasteiger partial charge in [-0.2, -0.15) is 0 Å². The summed E-state index contributed by atoms with van der Waals surface area (Å²) in [6.45, 7) is 2.03. The molecular formula is C22H24O3. The molecule has 2 aromatic rings. The molecule has 0 amide bonds. The van der Waals surface area contributed by atoms with Crippen LogP contribution in [0.1, 0.15) is 24.5 Å². The maximum absolute atomic E-state index is 11.8. The van der Waals surface area contributed by atoms with E-state index in [1.54, 1.807) is 14.2 Å². The average Bonchev–Trinajstić information content (AvgIpc) is 2.68. The summed E-state index contributed by atoms with van der Waals surface area (Å²) in [6.07, 6.45) is 6.74. The highest BCUT2D eigenvalue weighted by molar-refractivity contribution is 5.51. The summed E-state index contributed by atoms with van der Waals surface area (Å²) >= 11 is 0. The van der Waals surface area contributed by atoms with Gasteiger partial charge in [-0.05, 0) is 42.2 Å². The second-order valence-corrected chi connectivity index (χ2v) is 6.52. The van der Waals surface area contributed by atoms with Gasteiger partial charge in [-0.1, -0.05) is 60.7 Å². The van der Waals surface area contributed by atoms with Crippen LogP contribution in [0.5, 0.6) is 5.75 Å². The molecule has 1 aliphatic carbocycles. The van der Waals surface area contributed by atoms with Crippen molar-refractivity contribution < 1.29 is 14.6 Å². The highest BCUT2D eigenvalue weighted by Crippen LogP contribution is 2.40. The first-order valence-corrected chi connectivity index (χ1v) is 8.39. The zero-order valence-electron chi connectivity index (χ0n) is 14.9. The lowest BCUT2D eigenvalue weighted by atomic mass is 9.76. The second kappa shape index (κ2) is 6.87. The highest BCUT2D eigenvalue weighted by atomic mass is 16.5. The molecule has 0 fully saturated rings. The molecule has 0 bridgehead atoms. The molecule has 3 nitrogen and oxygen atoms in total.